The van der Waals surface area contributed by atoms with Gasteiger partial charge in [0.25, 0.3) is 5.91 Å². The molecule has 0 aliphatic heterocycles. The van der Waals surface area contributed by atoms with E-state index in [2.05, 4.69) is 10.6 Å². The fourth-order valence-corrected chi connectivity index (χ4v) is 2.70. The van der Waals surface area contributed by atoms with Crippen LogP contribution in [0.15, 0.2) is 35.7 Å². The Labute approximate surface area is 138 Å². The highest BCUT2D eigenvalue weighted by Gasteiger charge is 2.07. The molecule has 2 rings (SSSR count). The SMILES string of the molecule is Cc1ccc(Cl)cc1NC(=O)CCCNC(=O)c1cccs1. The van der Waals surface area contributed by atoms with Crippen molar-refractivity contribution in [2.24, 2.45) is 0 Å². The van der Waals surface area contributed by atoms with E-state index in [-0.39, 0.29) is 11.8 Å². The second kappa shape index (κ2) is 7.96. The van der Waals surface area contributed by atoms with Crippen molar-refractivity contribution in [2.75, 3.05) is 11.9 Å². The third-order valence-corrected chi connectivity index (χ3v) is 4.19. The number of aryl methyl sites for hydroxylation is 1. The Kier molecular flexibility index (Phi) is 5.98. The monoisotopic (exact) mass is 336 g/mol. The van der Waals surface area contributed by atoms with Gasteiger partial charge in [-0.2, -0.15) is 0 Å². The van der Waals surface area contributed by atoms with Gasteiger partial charge in [0.05, 0.1) is 4.88 Å². The Balaban J connectivity index is 1.72. The topological polar surface area (TPSA) is 58.2 Å². The molecule has 4 nitrogen and oxygen atoms in total. The molecule has 0 bridgehead atoms. The van der Waals surface area contributed by atoms with Crippen molar-refractivity contribution in [2.45, 2.75) is 19.8 Å². The van der Waals surface area contributed by atoms with Gasteiger partial charge in [-0.15, -0.1) is 11.3 Å². The van der Waals surface area contributed by atoms with E-state index in [0.29, 0.717) is 29.3 Å². The summed E-state index contributed by atoms with van der Waals surface area (Å²) >= 11 is 7.31. The van der Waals surface area contributed by atoms with E-state index in [1.807, 2.05) is 24.4 Å². The maximum Gasteiger partial charge on any atom is 0.261 e. The van der Waals surface area contributed by atoms with Crippen molar-refractivity contribution in [1.29, 1.82) is 0 Å². The molecule has 2 aromatic rings. The molecule has 1 aromatic heterocycles. The minimum Gasteiger partial charge on any atom is -0.351 e. The molecule has 0 saturated carbocycles. The van der Waals surface area contributed by atoms with E-state index in [1.54, 1.807) is 18.2 Å². The van der Waals surface area contributed by atoms with Gasteiger partial charge in [0.15, 0.2) is 0 Å². The van der Waals surface area contributed by atoms with Gasteiger partial charge in [-0.05, 0) is 42.5 Å². The molecule has 6 heteroatoms. The number of rotatable bonds is 6. The molecule has 0 unspecified atom stereocenters. The first-order valence-corrected chi connectivity index (χ1v) is 8.20. The molecule has 0 aliphatic rings. The molecular weight excluding hydrogens is 320 g/mol. The molecule has 0 aliphatic carbocycles. The molecule has 0 saturated heterocycles. The zero-order valence-electron chi connectivity index (χ0n) is 12.2. The van der Waals surface area contributed by atoms with E-state index in [4.69, 9.17) is 11.6 Å². The number of thiophene rings is 1. The molecule has 1 heterocycles. The molecule has 2 amide bonds. The summed E-state index contributed by atoms with van der Waals surface area (Å²) in [6.45, 7) is 2.38. The molecular formula is C16H17ClN2O2S. The molecule has 0 atom stereocenters. The number of halogens is 1. The largest absolute Gasteiger partial charge is 0.351 e. The Bertz CT molecular complexity index is 656. The minimum absolute atomic E-state index is 0.0873. The minimum atomic E-state index is -0.0962. The van der Waals surface area contributed by atoms with Gasteiger partial charge in [-0.3, -0.25) is 9.59 Å². The standard InChI is InChI=1S/C16H17ClN2O2S/c1-11-6-7-12(17)10-13(11)19-15(20)5-2-8-18-16(21)14-4-3-9-22-14/h3-4,6-7,9-10H,2,5,8H2,1H3,(H,18,21)(H,19,20). The average molecular weight is 337 g/mol. The predicted octanol–water partition coefficient (Wildman–Crippen LogP) is 3.86. The van der Waals surface area contributed by atoms with Crippen molar-refractivity contribution in [1.82, 2.24) is 5.32 Å². The van der Waals surface area contributed by atoms with E-state index in [9.17, 15) is 9.59 Å². The number of anilines is 1. The van der Waals surface area contributed by atoms with Crippen LogP contribution in [0, 0.1) is 6.92 Å². The second-order valence-corrected chi connectivity index (χ2v) is 6.23. The summed E-state index contributed by atoms with van der Waals surface area (Å²) in [4.78, 5) is 24.3. The zero-order valence-corrected chi connectivity index (χ0v) is 13.8. The maximum atomic E-state index is 11.9. The van der Waals surface area contributed by atoms with Crippen molar-refractivity contribution in [3.63, 3.8) is 0 Å². The molecule has 1 aromatic carbocycles. The fraction of sp³-hybridized carbons (Fsp3) is 0.250. The van der Waals surface area contributed by atoms with Gasteiger partial charge in [0, 0.05) is 23.7 Å². The van der Waals surface area contributed by atoms with Crippen LogP contribution in [0.3, 0.4) is 0 Å². The second-order valence-electron chi connectivity index (χ2n) is 4.84. The first kappa shape index (κ1) is 16.5. The summed E-state index contributed by atoms with van der Waals surface area (Å²) in [5.74, 6) is -0.183. The molecule has 0 radical (unpaired) electrons. The molecule has 2 N–H and O–H groups in total. The molecule has 22 heavy (non-hydrogen) atoms. The Morgan fingerprint density at radius 1 is 1.27 bits per heavy atom. The van der Waals surface area contributed by atoms with Crippen molar-refractivity contribution in [3.05, 3.63) is 51.2 Å². The average Bonchev–Trinajstić information content (AvgIpc) is 3.01. The number of carbonyl (C=O) groups is 2. The van der Waals surface area contributed by atoms with Crippen LogP contribution >= 0.6 is 22.9 Å². The van der Waals surface area contributed by atoms with Crippen LogP contribution < -0.4 is 10.6 Å². The maximum absolute atomic E-state index is 11.9. The quantitative estimate of drug-likeness (QED) is 0.787. The van der Waals surface area contributed by atoms with Gasteiger partial charge in [0.1, 0.15) is 0 Å². The lowest BCUT2D eigenvalue weighted by Gasteiger charge is -2.09. The summed E-state index contributed by atoms with van der Waals surface area (Å²) in [5, 5.41) is 8.07. The number of amides is 2. The van der Waals surface area contributed by atoms with Crippen LogP contribution in [-0.4, -0.2) is 18.4 Å². The predicted molar refractivity (Wildman–Crippen MR) is 90.7 cm³/mol. The number of benzene rings is 1. The Morgan fingerprint density at radius 2 is 2.09 bits per heavy atom. The summed E-state index contributed by atoms with van der Waals surface area (Å²) in [6, 6.07) is 8.98. The van der Waals surface area contributed by atoms with Crippen molar-refractivity contribution in [3.8, 4) is 0 Å². The van der Waals surface area contributed by atoms with E-state index in [0.717, 1.165) is 11.3 Å². The highest BCUT2D eigenvalue weighted by Crippen LogP contribution is 2.20. The van der Waals surface area contributed by atoms with Gasteiger partial charge in [0.2, 0.25) is 5.91 Å². The summed E-state index contributed by atoms with van der Waals surface area (Å²) in [7, 11) is 0. The number of nitrogens with one attached hydrogen (secondary N) is 2. The highest BCUT2D eigenvalue weighted by molar-refractivity contribution is 7.12. The Morgan fingerprint density at radius 3 is 2.82 bits per heavy atom. The van der Waals surface area contributed by atoms with Gasteiger partial charge in [-0.25, -0.2) is 0 Å². The van der Waals surface area contributed by atoms with Crippen molar-refractivity contribution >= 4 is 40.4 Å². The lowest BCUT2D eigenvalue weighted by Crippen LogP contribution is -2.24. The summed E-state index contributed by atoms with van der Waals surface area (Å²) in [5.41, 5.74) is 1.68. The first-order valence-electron chi connectivity index (χ1n) is 6.94. The van der Waals surface area contributed by atoms with Crippen molar-refractivity contribution < 1.29 is 9.59 Å². The van der Waals surface area contributed by atoms with Crippen LogP contribution in [0.4, 0.5) is 5.69 Å². The van der Waals surface area contributed by atoms with Crippen LogP contribution in [0.5, 0.6) is 0 Å². The van der Waals surface area contributed by atoms with Crippen LogP contribution in [0.1, 0.15) is 28.1 Å². The van der Waals surface area contributed by atoms with Gasteiger partial charge in [-0.1, -0.05) is 23.7 Å². The molecule has 0 fully saturated rings. The van der Waals surface area contributed by atoms with E-state index >= 15 is 0 Å². The smallest absolute Gasteiger partial charge is 0.261 e. The number of hydrogen-bond donors (Lipinski definition) is 2. The summed E-state index contributed by atoms with van der Waals surface area (Å²) in [6.07, 6.45) is 0.930. The Hall–Kier alpha value is -1.85. The van der Waals surface area contributed by atoms with Crippen LogP contribution in [0.2, 0.25) is 5.02 Å². The third kappa shape index (κ3) is 4.86. The third-order valence-electron chi connectivity index (χ3n) is 3.08. The van der Waals surface area contributed by atoms with E-state index < -0.39 is 0 Å². The zero-order chi connectivity index (χ0) is 15.9. The van der Waals surface area contributed by atoms with E-state index in [1.165, 1.54) is 11.3 Å². The van der Waals surface area contributed by atoms with Crippen LogP contribution in [-0.2, 0) is 4.79 Å². The number of carbonyl (C=O) groups excluding carboxylic acids is 2. The molecule has 116 valence electrons. The lowest BCUT2D eigenvalue weighted by atomic mass is 10.2. The normalized spacial score (nSPS) is 10.3. The van der Waals surface area contributed by atoms with Crippen LogP contribution in [0.25, 0.3) is 0 Å². The van der Waals surface area contributed by atoms with Gasteiger partial charge >= 0.3 is 0 Å². The number of hydrogen-bond acceptors (Lipinski definition) is 3. The lowest BCUT2D eigenvalue weighted by molar-refractivity contribution is -0.116. The molecule has 0 spiro atoms. The highest BCUT2D eigenvalue weighted by atomic mass is 35.5. The van der Waals surface area contributed by atoms with Gasteiger partial charge < -0.3 is 10.6 Å². The summed E-state index contributed by atoms with van der Waals surface area (Å²) < 4.78 is 0. The first-order chi connectivity index (χ1) is 10.6. The fourth-order valence-electron chi connectivity index (χ4n) is 1.89.